The summed E-state index contributed by atoms with van der Waals surface area (Å²) in [6.07, 6.45) is 4.70. The fraction of sp³-hybridized carbons (Fsp3) is 0.562. The average Bonchev–Trinajstić information content (AvgIpc) is 3.05. The molecule has 108 valence electrons. The number of rotatable bonds is 3. The van der Waals surface area contributed by atoms with Crippen molar-refractivity contribution in [2.45, 2.75) is 37.7 Å². The van der Waals surface area contributed by atoms with E-state index in [0.29, 0.717) is 6.54 Å². The fourth-order valence-electron chi connectivity index (χ4n) is 3.36. The van der Waals surface area contributed by atoms with Gasteiger partial charge in [0.1, 0.15) is 0 Å². The number of carbonyl (C=O) groups is 1. The second-order valence-corrected chi connectivity index (χ2v) is 6.14. The molecule has 0 bridgehead atoms. The van der Waals surface area contributed by atoms with Crippen LogP contribution in [0.4, 0.5) is 5.69 Å². The van der Waals surface area contributed by atoms with Gasteiger partial charge in [0.15, 0.2) is 0 Å². The highest BCUT2D eigenvalue weighted by Crippen LogP contribution is 2.30. The van der Waals surface area contributed by atoms with E-state index >= 15 is 0 Å². The third-order valence-corrected chi connectivity index (χ3v) is 4.47. The molecular weight excluding hydrogens is 252 g/mol. The van der Waals surface area contributed by atoms with Crippen molar-refractivity contribution in [1.82, 2.24) is 4.90 Å². The Morgan fingerprint density at radius 3 is 2.90 bits per heavy atom. The number of amides is 1. The number of benzene rings is 1. The minimum Gasteiger partial charge on any atom is -0.388 e. The van der Waals surface area contributed by atoms with Gasteiger partial charge in [-0.1, -0.05) is 12.8 Å². The second kappa shape index (κ2) is 5.09. The smallest absolute Gasteiger partial charge is 0.253 e. The van der Waals surface area contributed by atoms with Gasteiger partial charge in [-0.05, 0) is 43.0 Å². The summed E-state index contributed by atoms with van der Waals surface area (Å²) in [5, 5.41) is 13.7. The third-order valence-electron chi connectivity index (χ3n) is 4.47. The van der Waals surface area contributed by atoms with E-state index in [-0.39, 0.29) is 5.91 Å². The molecule has 0 atom stereocenters. The van der Waals surface area contributed by atoms with Crippen molar-refractivity contribution in [2.75, 3.05) is 25.5 Å². The van der Waals surface area contributed by atoms with E-state index in [1.807, 2.05) is 18.2 Å². The molecule has 2 N–H and O–H groups in total. The van der Waals surface area contributed by atoms with Gasteiger partial charge in [0.2, 0.25) is 0 Å². The van der Waals surface area contributed by atoms with Crippen LogP contribution in [0.2, 0.25) is 0 Å². The van der Waals surface area contributed by atoms with Crippen molar-refractivity contribution in [2.24, 2.45) is 0 Å². The van der Waals surface area contributed by atoms with E-state index in [0.717, 1.165) is 49.9 Å². The lowest BCUT2D eigenvalue weighted by molar-refractivity contribution is 0.0157. The van der Waals surface area contributed by atoms with Crippen LogP contribution in [0.3, 0.4) is 0 Å². The van der Waals surface area contributed by atoms with Crippen molar-refractivity contribution in [3.8, 4) is 0 Å². The van der Waals surface area contributed by atoms with Crippen molar-refractivity contribution in [3.05, 3.63) is 29.3 Å². The summed E-state index contributed by atoms with van der Waals surface area (Å²) in [5.74, 6) is 0.0000231. The molecule has 0 aromatic heterocycles. The molecule has 3 rings (SSSR count). The Morgan fingerprint density at radius 2 is 2.15 bits per heavy atom. The van der Waals surface area contributed by atoms with Crippen LogP contribution < -0.4 is 5.32 Å². The van der Waals surface area contributed by atoms with Gasteiger partial charge in [-0.25, -0.2) is 0 Å². The first-order chi connectivity index (χ1) is 9.57. The monoisotopic (exact) mass is 274 g/mol. The Bertz CT molecular complexity index is 521. The Morgan fingerprint density at radius 1 is 1.40 bits per heavy atom. The van der Waals surface area contributed by atoms with E-state index in [1.54, 1.807) is 11.9 Å². The highest BCUT2D eigenvalue weighted by atomic mass is 16.3. The Kier molecular flexibility index (Phi) is 3.42. The molecule has 1 saturated carbocycles. The summed E-state index contributed by atoms with van der Waals surface area (Å²) in [6.45, 7) is 1.38. The predicted molar refractivity (Wildman–Crippen MR) is 79.0 cm³/mol. The molecule has 1 aliphatic carbocycles. The largest absolute Gasteiger partial charge is 0.388 e. The maximum absolute atomic E-state index is 12.5. The molecule has 1 amide bonds. The number of nitrogens with zero attached hydrogens (tertiary/aromatic N) is 1. The lowest BCUT2D eigenvalue weighted by Crippen LogP contribution is -2.42. The van der Waals surface area contributed by atoms with Gasteiger partial charge in [-0.2, -0.15) is 0 Å². The highest BCUT2D eigenvalue weighted by molar-refractivity contribution is 5.95. The molecule has 1 aromatic rings. The minimum atomic E-state index is -0.678. The van der Waals surface area contributed by atoms with Crippen molar-refractivity contribution in [3.63, 3.8) is 0 Å². The first-order valence-electron chi connectivity index (χ1n) is 7.42. The van der Waals surface area contributed by atoms with Crippen LogP contribution >= 0.6 is 0 Å². The molecule has 4 nitrogen and oxygen atoms in total. The SMILES string of the molecule is CN(CC1(O)CCCC1)C(=O)c1ccc2c(c1)CCN2. The highest BCUT2D eigenvalue weighted by Gasteiger charge is 2.33. The number of nitrogens with one attached hydrogen (secondary N) is 1. The maximum Gasteiger partial charge on any atom is 0.253 e. The second-order valence-electron chi connectivity index (χ2n) is 6.14. The van der Waals surface area contributed by atoms with Gasteiger partial charge < -0.3 is 15.3 Å². The molecule has 1 heterocycles. The first kappa shape index (κ1) is 13.4. The summed E-state index contributed by atoms with van der Waals surface area (Å²) >= 11 is 0. The van der Waals surface area contributed by atoms with Gasteiger partial charge in [0, 0.05) is 31.4 Å². The lowest BCUT2D eigenvalue weighted by atomic mass is 10.0. The maximum atomic E-state index is 12.5. The van der Waals surface area contributed by atoms with Gasteiger partial charge in [-0.3, -0.25) is 4.79 Å². The molecule has 4 heteroatoms. The first-order valence-corrected chi connectivity index (χ1v) is 7.42. The molecule has 1 fully saturated rings. The lowest BCUT2D eigenvalue weighted by Gasteiger charge is -2.28. The van der Waals surface area contributed by atoms with Crippen molar-refractivity contribution in [1.29, 1.82) is 0 Å². The molecule has 1 aromatic carbocycles. The summed E-state index contributed by atoms with van der Waals surface area (Å²) in [5.41, 5.74) is 2.39. The summed E-state index contributed by atoms with van der Waals surface area (Å²) in [6, 6.07) is 5.83. The van der Waals surface area contributed by atoms with Crippen LogP contribution in [0, 0.1) is 0 Å². The van der Waals surface area contributed by atoms with Gasteiger partial charge in [0.25, 0.3) is 5.91 Å². The van der Waals surface area contributed by atoms with E-state index < -0.39 is 5.60 Å². The van der Waals surface area contributed by atoms with E-state index in [1.165, 1.54) is 5.56 Å². The number of anilines is 1. The zero-order chi connectivity index (χ0) is 14.2. The molecule has 0 radical (unpaired) electrons. The third kappa shape index (κ3) is 2.52. The number of carbonyl (C=O) groups excluding carboxylic acids is 1. The molecule has 0 saturated heterocycles. The molecule has 20 heavy (non-hydrogen) atoms. The number of hydrogen-bond donors (Lipinski definition) is 2. The molecule has 0 spiro atoms. The molecule has 0 unspecified atom stereocenters. The van der Waals surface area contributed by atoms with Crippen molar-refractivity contribution < 1.29 is 9.90 Å². The van der Waals surface area contributed by atoms with Gasteiger partial charge >= 0.3 is 0 Å². The van der Waals surface area contributed by atoms with Crippen molar-refractivity contribution >= 4 is 11.6 Å². The molecule has 1 aliphatic heterocycles. The zero-order valence-corrected chi connectivity index (χ0v) is 12.0. The number of aliphatic hydroxyl groups is 1. The van der Waals surface area contributed by atoms with Crippen LogP contribution in [0.5, 0.6) is 0 Å². The Labute approximate surface area is 119 Å². The normalized spacial score (nSPS) is 19.5. The van der Waals surface area contributed by atoms with Crippen LogP contribution in [0.1, 0.15) is 41.6 Å². The number of fused-ring (bicyclic) bond motifs is 1. The minimum absolute atomic E-state index is 0.0000231. The van der Waals surface area contributed by atoms with E-state index in [4.69, 9.17) is 0 Å². The van der Waals surface area contributed by atoms with E-state index in [2.05, 4.69) is 5.32 Å². The van der Waals surface area contributed by atoms with Crippen LogP contribution in [0.15, 0.2) is 18.2 Å². The standard InChI is InChI=1S/C16H22N2O2/c1-18(11-16(20)7-2-3-8-16)15(19)13-4-5-14-12(10-13)6-9-17-14/h4-5,10,17,20H,2-3,6-9,11H2,1H3. The van der Waals surface area contributed by atoms with Crippen LogP contribution in [0.25, 0.3) is 0 Å². The van der Waals surface area contributed by atoms with Gasteiger partial charge in [0.05, 0.1) is 5.60 Å². The Balaban J connectivity index is 1.71. The topological polar surface area (TPSA) is 52.6 Å². The number of likely N-dealkylation sites (N-methyl/N-ethyl adjacent to an activating group) is 1. The average molecular weight is 274 g/mol. The molecule has 2 aliphatic rings. The van der Waals surface area contributed by atoms with Crippen LogP contribution in [-0.2, 0) is 6.42 Å². The van der Waals surface area contributed by atoms with E-state index in [9.17, 15) is 9.90 Å². The summed E-state index contributed by atoms with van der Waals surface area (Å²) in [4.78, 5) is 14.1. The fourth-order valence-corrected chi connectivity index (χ4v) is 3.36. The number of hydrogen-bond acceptors (Lipinski definition) is 3. The van der Waals surface area contributed by atoms with Crippen LogP contribution in [-0.4, -0.2) is 41.7 Å². The quantitative estimate of drug-likeness (QED) is 0.887. The predicted octanol–water partition coefficient (Wildman–Crippen LogP) is 2.03. The summed E-state index contributed by atoms with van der Waals surface area (Å²) < 4.78 is 0. The zero-order valence-electron chi connectivity index (χ0n) is 12.0. The Hall–Kier alpha value is -1.55. The van der Waals surface area contributed by atoms with Gasteiger partial charge in [-0.15, -0.1) is 0 Å². The summed E-state index contributed by atoms with van der Waals surface area (Å²) in [7, 11) is 1.78. The molecular formula is C16H22N2O2.